The molecule has 0 bridgehead atoms. The monoisotopic (exact) mass is 209 g/mol. The number of benzene rings is 1. The van der Waals surface area contributed by atoms with Gasteiger partial charge in [-0.2, -0.15) is 4.99 Å². The van der Waals surface area contributed by atoms with Crippen molar-refractivity contribution in [1.82, 2.24) is 0 Å². The SMILES string of the molecule is O=C=Nc1ccc(Cl)c2c1OCC2=O. The van der Waals surface area contributed by atoms with Crippen LogP contribution in [-0.2, 0) is 4.79 Å². The van der Waals surface area contributed by atoms with Gasteiger partial charge in [0, 0.05) is 0 Å². The van der Waals surface area contributed by atoms with E-state index in [1.807, 2.05) is 0 Å². The predicted molar refractivity (Wildman–Crippen MR) is 49.1 cm³/mol. The summed E-state index contributed by atoms with van der Waals surface area (Å²) in [5.74, 6) is 0.0683. The molecule has 2 rings (SSSR count). The van der Waals surface area contributed by atoms with Crippen molar-refractivity contribution < 1.29 is 14.3 Å². The minimum atomic E-state index is -0.201. The second-order valence-electron chi connectivity index (χ2n) is 2.69. The largest absolute Gasteiger partial charge is 0.482 e. The summed E-state index contributed by atoms with van der Waals surface area (Å²) in [6.45, 7) is -0.0551. The van der Waals surface area contributed by atoms with Crippen molar-refractivity contribution in [3.05, 3.63) is 22.7 Å². The zero-order valence-electron chi connectivity index (χ0n) is 6.91. The number of isocyanates is 1. The van der Waals surface area contributed by atoms with E-state index in [2.05, 4.69) is 4.99 Å². The van der Waals surface area contributed by atoms with Crippen molar-refractivity contribution >= 4 is 29.2 Å². The first-order chi connectivity index (χ1) is 6.74. The number of ether oxygens (including phenoxy) is 1. The van der Waals surface area contributed by atoms with E-state index in [0.29, 0.717) is 10.6 Å². The van der Waals surface area contributed by atoms with Crippen LogP contribution in [0, 0.1) is 0 Å². The van der Waals surface area contributed by atoms with Gasteiger partial charge in [-0.1, -0.05) is 11.6 Å². The maximum atomic E-state index is 11.3. The number of halogens is 1. The van der Waals surface area contributed by atoms with Crippen LogP contribution in [0.15, 0.2) is 17.1 Å². The van der Waals surface area contributed by atoms with Crippen molar-refractivity contribution in [2.24, 2.45) is 4.99 Å². The molecule has 0 fully saturated rings. The van der Waals surface area contributed by atoms with Crippen LogP contribution in [0.25, 0.3) is 0 Å². The Labute approximate surface area is 84.2 Å². The third kappa shape index (κ3) is 1.21. The maximum Gasteiger partial charge on any atom is 0.240 e. The second-order valence-corrected chi connectivity index (χ2v) is 3.09. The summed E-state index contributed by atoms with van der Waals surface area (Å²) in [4.78, 5) is 24.8. The number of Topliss-reactive ketones (excluding diaryl/α,β-unsaturated/α-hetero) is 1. The second kappa shape index (κ2) is 3.25. The van der Waals surface area contributed by atoms with Crippen LogP contribution in [0.2, 0.25) is 5.02 Å². The Bertz CT molecular complexity index is 463. The summed E-state index contributed by atoms with van der Waals surface area (Å²) in [6, 6.07) is 3.01. The Morgan fingerprint density at radius 2 is 2.29 bits per heavy atom. The van der Waals surface area contributed by atoms with Gasteiger partial charge in [-0.3, -0.25) is 4.79 Å². The van der Waals surface area contributed by atoms with Crippen molar-refractivity contribution in [1.29, 1.82) is 0 Å². The lowest BCUT2D eigenvalue weighted by Gasteiger charge is -2.01. The van der Waals surface area contributed by atoms with Gasteiger partial charge >= 0.3 is 0 Å². The fourth-order valence-corrected chi connectivity index (χ4v) is 1.55. The molecule has 4 nitrogen and oxygen atoms in total. The summed E-state index contributed by atoms with van der Waals surface area (Å²) in [7, 11) is 0. The van der Waals surface area contributed by atoms with Gasteiger partial charge in [0.15, 0.2) is 12.4 Å². The maximum absolute atomic E-state index is 11.3. The zero-order chi connectivity index (χ0) is 10.1. The highest BCUT2D eigenvalue weighted by Gasteiger charge is 2.26. The van der Waals surface area contributed by atoms with E-state index in [4.69, 9.17) is 16.3 Å². The van der Waals surface area contributed by atoms with E-state index in [1.54, 1.807) is 0 Å². The molecule has 1 aromatic rings. The first-order valence-corrected chi connectivity index (χ1v) is 4.18. The minimum absolute atomic E-state index is 0.0551. The number of ketones is 1. The number of fused-ring (bicyclic) bond motifs is 1. The van der Waals surface area contributed by atoms with Gasteiger partial charge in [-0.25, -0.2) is 4.79 Å². The van der Waals surface area contributed by atoms with Crippen LogP contribution < -0.4 is 4.74 Å². The van der Waals surface area contributed by atoms with Crippen LogP contribution in [0.3, 0.4) is 0 Å². The van der Waals surface area contributed by atoms with Crippen LogP contribution >= 0.6 is 11.6 Å². The first-order valence-electron chi connectivity index (χ1n) is 3.80. The molecule has 0 unspecified atom stereocenters. The highest BCUT2D eigenvalue weighted by Crippen LogP contribution is 2.39. The molecule has 0 radical (unpaired) electrons. The van der Waals surface area contributed by atoms with E-state index in [-0.39, 0.29) is 23.8 Å². The number of rotatable bonds is 1. The molecule has 0 N–H and O–H groups in total. The first kappa shape index (κ1) is 8.94. The highest BCUT2D eigenvalue weighted by molar-refractivity contribution is 6.35. The lowest BCUT2D eigenvalue weighted by atomic mass is 10.1. The Balaban J connectivity index is 2.70. The van der Waals surface area contributed by atoms with Crippen molar-refractivity contribution in [2.45, 2.75) is 0 Å². The molecule has 1 aliphatic rings. The van der Waals surface area contributed by atoms with Gasteiger partial charge in [0.2, 0.25) is 11.9 Å². The molecule has 0 saturated heterocycles. The van der Waals surface area contributed by atoms with Crippen LogP contribution in [0.5, 0.6) is 5.75 Å². The number of hydrogen-bond acceptors (Lipinski definition) is 4. The molecule has 0 aromatic heterocycles. The quantitative estimate of drug-likeness (QED) is 0.524. The average Bonchev–Trinajstić information content (AvgIpc) is 2.54. The summed E-state index contributed by atoms with van der Waals surface area (Å²) in [5, 5.41) is 0.312. The Hall–Kier alpha value is -1.64. The Morgan fingerprint density at radius 1 is 1.50 bits per heavy atom. The standard InChI is InChI=1S/C9H4ClNO3/c10-5-1-2-6(11-4-12)9-8(5)7(13)3-14-9/h1-2H,3H2. The highest BCUT2D eigenvalue weighted by atomic mass is 35.5. The Kier molecular flexibility index (Phi) is 2.08. The van der Waals surface area contributed by atoms with E-state index >= 15 is 0 Å². The van der Waals surface area contributed by atoms with Gasteiger partial charge in [-0.05, 0) is 12.1 Å². The van der Waals surface area contributed by atoms with Crippen molar-refractivity contribution in [2.75, 3.05) is 6.61 Å². The summed E-state index contributed by atoms with van der Waals surface area (Å²) in [6.07, 6.45) is 1.39. The molecule has 0 saturated carbocycles. The fraction of sp³-hybridized carbons (Fsp3) is 0.111. The van der Waals surface area contributed by atoms with Gasteiger partial charge in [-0.15, -0.1) is 0 Å². The van der Waals surface area contributed by atoms with Crippen molar-refractivity contribution in [3.8, 4) is 5.75 Å². The van der Waals surface area contributed by atoms with Gasteiger partial charge in [0.25, 0.3) is 0 Å². The number of aliphatic imine (C=N–C) groups is 1. The molecule has 0 spiro atoms. The molecule has 5 heteroatoms. The number of hydrogen-bond donors (Lipinski definition) is 0. The predicted octanol–water partition coefficient (Wildman–Crippen LogP) is 1.88. The molecule has 1 aromatic carbocycles. The normalized spacial score (nSPS) is 13.1. The topological polar surface area (TPSA) is 55.7 Å². The average molecular weight is 210 g/mol. The van der Waals surface area contributed by atoms with E-state index < -0.39 is 0 Å². The third-order valence-electron chi connectivity index (χ3n) is 1.88. The van der Waals surface area contributed by atoms with Crippen LogP contribution in [0.4, 0.5) is 5.69 Å². The van der Waals surface area contributed by atoms with Crippen LogP contribution in [-0.4, -0.2) is 18.5 Å². The van der Waals surface area contributed by atoms with E-state index in [1.165, 1.54) is 18.2 Å². The van der Waals surface area contributed by atoms with Crippen LogP contribution in [0.1, 0.15) is 10.4 Å². The van der Waals surface area contributed by atoms with Gasteiger partial charge in [0.1, 0.15) is 5.69 Å². The summed E-state index contributed by atoms with van der Waals surface area (Å²) < 4.78 is 5.07. The fourth-order valence-electron chi connectivity index (χ4n) is 1.30. The minimum Gasteiger partial charge on any atom is -0.482 e. The van der Waals surface area contributed by atoms with E-state index in [0.717, 1.165) is 0 Å². The van der Waals surface area contributed by atoms with Gasteiger partial charge in [0.05, 0.1) is 10.6 Å². The third-order valence-corrected chi connectivity index (χ3v) is 2.19. The van der Waals surface area contributed by atoms with E-state index in [9.17, 15) is 9.59 Å². The number of carbonyl (C=O) groups excluding carboxylic acids is 2. The summed E-state index contributed by atoms with van der Waals surface area (Å²) in [5.41, 5.74) is 0.577. The molecule has 0 amide bonds. The van der Waals surface area contributed by atoms with Crippen molar-refractivity contribution in [3.63, 3.8) is 0 Å². The lowest BCUT2D eigenvalue weighted by Crippen LogP contribution is -1.99. The Morgan fingerprint density at radius 3 is 3.00 bits per heavy atom. The number of nitrogens with zero attached hydrogens (tertiary/aromatic N) is 1. The summed E-state index contributed by atoms with van der Waals surface area (Å²) >= 11 is 5.80. The smallest absolute Gasteiger partial charge is 0.240 e. The molecule has 70 valence electrons. The lowest BCUT2D eigenvalue weighted by molar-refractivity contribution is 0.0961. The molecule has 1 heterocycles. The molecule has 0 aliphatic carbocycles. The van der Waals surface area contributed by atoms with Gasteiger partial charge < -0.3 is 4.74 Å². The molecule has 0 atom stereocenters. The molecule has 14 heavy (non-hydrogen) atoms. The molecule has 1 aliphatic heterocycles. The zero-order valence-corrected chi connectivity index (χ0v) is 7.67. The number of carbonyl (C=O) groups is 1. The molecular formula is C9H4ClNO3. The molecular weight excluding hydrogens is 206 g/mol.